The zero-order chi connectivity index (χ0) is 21.4. The summed E-state index contributed by atoms with van der Waals surface area (Å²) in [6, 6.07) is 13.3. The van der Waals surface area contributed by atoms with Gasteiger partial charge in [0.2, 0.25) is 11.8 Å². The van der Waals surface area contributed by atoms with Crippen molar-refractivity contribution < 1.29 is 14.6 Å². The molecule has 1 amide bonds. The highest BCUT2D eigenvalue weighted by Crippen LogP contribution is 2.37. The van der Waals surface area contributed by atoms with Gasteiger partial charge in [0.05, 0.1) is 18.8 Å². The Balaban J connectivity index is 2.03. The lowest BCUT2D eigenvalue weighted by Gasteiger charge is -2.37. The second-order valence-electron chi connectivity index (χ2n) is 7.07. The number of methoxy groups -OCH3 is 1. The number of carbonyl (C=O) groups excluding carboxylic acids is 1. The molecule has 1 aromatic heterocycles. The maximum absolute atomic E-state index is 12.9. The number of hydrogen-bond donors (Lipinski definition) is 2. The molecule has 1 atom stereocenters. The summed E-state index contributed by atoms with van der Waals surface area (Å²) in [6.07, 6.45) is 0.636. The maximum Gasteiger partial charge on any atom is 0.335 e. The summed E-state index contributed by atoms with van der Waals surface area (Å²) in [5.41, 5.74) is 0.390. The van der Waals surface area contributed by atoms with Crippen molar-refractivity contribution in [3.63, 3.8) is 0 Å². The lowest BCUT2D eigenvalue weighted by Crippen LogP contribution is -2.43. The quantitative estimate of drug-likeness (QED) is 0.688. The predicted molar refractivity (Wildman–Crippen MR) is 110 cm³/mol. The number of H-pyrrole nitrogens is 1. The monoisotopic (exact) mass is 407 g/mol. The van der Waals surface area contributed by atoms with Crippen LogP contribution in [0.5, 0.6) is 11.6 Å². The molecule has 0 unspecified atom stereocenters. The number of nitrogens with one attached hydrogen (secondary N) is 1. The minimum atomic E-state index is -0.822. The first-order valence-electron chi connectivity index (χ1n) is 9.50. The number of fused-ring (bicyclic) bond motifs is 1. The molecule has 0 aliphatic carbocycles. The number of nitrogens with zero attached hydrogens (tertiary/aromatic N) is 2. The van der Waals surface area contributed by atoms with E-state index >= 15 is 0 Å². The number of amides is 1. The molecule has 0 saturated carbocycles. The van der Waals surface area contributed by atoms with Crippen LogP contribution in [0.1, 0.15) is 29.7 Å². The summed E-state index contributed by atoms with van der Waals surface area (Å²) in [5, 5.41) is 11.2. The first kappa shape index (κ1) is 19.5. The van der Waals surface area contributed by atoms with Crippen molar-refractivity contribution in [2.75, 3.05) is 13.7 Å². The van der Waals surface area contributed by atoms with E-state index in [2.05, 4.69) is 4.98 Å². The Morgan fingerprint density at radius 3 is 2.57 bits per heavy atom. The summed E-state index contributed by atoms with van der Waals surface area (Å²) < 4.78 is 6.30. The van der Waals surface area contributed by atoms with E-state index in [1.54, 1.807) is 24.3 Å². The Hall–Kier alpha value is -3.81. The molecule has 0 bridgehead atoms. The van der Waals surface area contributed by atoms with Gasteiger partial charge in [-0.2, -0.15) is 0 Å². The molecule has 8 nitrogen and oxygen atoms in total. The van der Waals surface area contributed by atoms with Crippen molar-refractivity contribution in [1.82, 2.24) is 14.5 Å². The first-order chi connectivity index (χ1) is 14.4. The van der Waals surface area contributed by atoms with Gasteiger partial charge in [-0.05, 0) is 29.7 Å². The number of carbonyl (C=O) groups is 1. The van der Waals surface area contributed by atoms with Crippen LogP contribution < -0.4 is 16.0 Å². The van der Waals surface area contributed by atoms with E-state index < -0.39 is 23.2 Å². The second-order valence-corrected chi connectivity index (χ2v) is 7.07. The molecule has 0 saturated heterocycles. The van der Waals surface area contributed by atoms with Crippen molar-refractivity contribution in [2.24, 2.45) is 0 Å². The largest absolute Gasteiger partial charge is 0.495 e. The molecule has 4 rings (SSSR count). The lowest BCUT2D eigenvalue weighted by molar-refractivity contribution is -0.130. The van der Waals surface area contributed by atoms with Crippen LogP contribution in [-0.2, 0) is 11.2 Å². The van der Waals surface area contributed by atoms with Crippen LogP contribution in [0.15, 0.2) is 58.1 Å². The fourth-order valence-electron chi connectivity index (χ4n) is 4.04. The molecule has 0 fully saturated rings. The molecule has 1 aliphatic rings. The Morgan fingerprint density at radius 1 is 1.13 bits per heavy atom. The number of aromatic hydroxyl groups is 1. The fraction of sp³-hybridized carbons (Fsp3) is 0.227. The Morgan fingerprint density at radius 2 is 1.83 bits per heavy atom. The van der Waals surface area contributed by atoms with E-state index in [1.165, 1.54) is 18.9 Å². The highest BCUT2D eigenvalue weighted by Gasteiger charge is 2.35. The number of para-hydroxylation sites is 2. The smallest absolute Gasteiger partial charge is 0.335 e. The van der Waals surface area contributed by atoms with Gasteiger partial charge in [-0.1, -0.05) is 36.4 Å². The Kier molecular flexibility index (Phi) is 4.91. The van der Waals surface area contributed by atoms with E-state index in [1.807, 2.05) is 24.3 Å². The third-order valence-corrected chi connectivity index (χ3v) is 5.41. The fourth-order valence-corrected chi connectivity index (χ4v) is 4.04. The van der Waals surface area contributed by atoms with Gasteiger partial charge in [-0.25, -0.2) is 9.36 Å². The van der Waals surface area contributed by atoms with E-state index in [9.17, 15) is 19.5 Å². The minimum Gasteiger partial charge on any atom is -0.495 e. The molecule has 2 heterocycles. The molecule has 2 N–H and O–H groups in total. The summed E-state index contributed by atoms with van der Waals surface area (Å²) in [5.74, 6) is -0.412. The van der Waals surface area contributed by atoms with Crippen LogP contribution in [0, 0.1) is 0 Å². The van der Waals surface area contributed by atoms with E-state index in [4.69, 9.17) is 4.74 Å². The molecule has 30 heavy (non-hydrogen) atoms. The zero-order valence-corrected chi connectivity index (χ0v) is 16.6. The van der Waals surface area contributed by atoms with Gasteiger partial charge in [0.25, 0.3) is 5.56 Å². The third kappa shape index (κ3) is 3.06. The average Bonchev–Trinajstić information content (AvgIpc) is 2.73. The molecule has 1 aliphatic heterocycles. The zero-order valence-electron chi connectivity index (χ0n) is 16.6. The first-order valence-corrected chi connectivity index (χ1v) is 9.50. The van der Waals surface area contributed by atoms with Crippen LogP contribution >= 0.6 is 0 Å². The van der Waals surface area contributed by atoms with Crippen molar-refractivity contribution in [2.45, 2.75) is 19.4 Å². The average molecular weight is 407 g/mol. The van der Waals surface area contributed by atoms with Crippen molar-refractivity contribution >= 4 is 5.91 Å². The van der Waals surface area contributed by atoms with Crippen LogP contribution in [0.25, 0.3) is 5.69 Å². The standard InChI is InChI=1S/C22H21N3O5/c1-13(26)24-12-11-14-7-3-4-8-15(14)19(24)18-20(27)23-22(29)25(21(18)28)16-9-5-6-10-17(16)30-2/h3-10,19,28H,11-12H2,1-2H3,(H,23,27,29)/t19-/m1/s1. The summed E-state index contributed by atoms with van der Waals surface area (Å²) in [4.78, 5) is 41.7. The SMILES string of the molecule is COc1ccccc1-n1c(O)c([C@H]2c3ccccc3CCN2C(C)=O)c(=O)[nH]c1=O. The van der Waals surface area contributed by atoms with Gasteiger partial charge in [0.15, 0.2) is 0 Å². The van der Waals surface area contributed by atoms with Gasteiger partial charge < -0.3 is 14.7 Å². The van der Waals surface area contributed by atoms with Gasteiger partial charge in [0, 0.05) is 13.5 Å². The van der Waals surface area contributed by atoms with Crippen molar-refractivity contribution in [3.05, 3.63) is 86.1 Å². The number of rotatable bonds is 3. The normalized spacial score (nSPS) is 15.5. The number of hydrogen-bond acceptors (Lipinski definition) is 5. The molecule has 2 aromatic carbocycles. The second kappa shape index (κ2) is 7.55. The van der Waals surface area contributed by atoms with E-state index in [0.29, 0.717) is 18.7 Å². The maximum atomic E-state index is 12.9. The Labute approximate surface area is 172 Å². The summed E-state index contributed by atoms with van der Waals surface area (Å²) in [6.45, 7) is 1.81. The minimum absolute atomic E-state index is 0.0668. The predicted octanol–water partition coefficient (Wildman–Crippen LogP) is 1.73. The number of benzene rings is 2. The summed E-state index contributed by atoms with van der Waals surface area (Å²) >= 11 is 0. The Bertz CT molecular complexity index is 1240. The summed E-state index contributed by atoms with van der Waals surface area (Å²) in [7, 11) is 1.45. The molecule has 0 spiro atoms. The number of aromatic nitrogens is 2. The molecule has 154 valence electrons. The van der Waals surface area contributed by atoms with E-state index in [-0.39, 0.29) is 17.2 Å². The lowest BCUT2D eigenvalue weighted by atomic mass is 9.88. The van der Waals surface area contributed by atoms with Crippen molar-refractivity contribution in [1.29, 1.82) is 0 Å². The third-order valence-electron chi connectivity index (χ3n) is 5.41. The molecular formula is C22H21N3O5. The van der Waals surface area contributed by atoms with Crippen molar-refractivity contribution in [3.8, 4) is 17.3 Å². The molecule has 0 radical (unpaired) electrons. The van der Waals surface area contributed by atoms with Gasteiger partial charge in [-0.3, -0.25) is 14.6 Å². The van der Waals surface area contributed by atoms with E-state index in [0.717, 1.165) is 15.7 Å². The van der Waals surface area contributed by atoms with Crippen LogP contribution in [0.4, 0.5) is 0 Å². The molecule has 8 heteroatoms. The molecular weight excluding hydrogens is 386 g/mol. The van der Waals surface area contributed by atoms with Gasteiger partial charge in [0.1, 0.15) is 11.3 Å². The van der Waals surface area contributed by atoms with Crippen LogP contribution in [-0.4, -0.2) is 39.1 Å². The number of ether oxygens (including phenoxy) is 1. The van der Waals surface area contributed by atoms with Gasteiger partial charge >= 0.3 is 5.69 Å². The topological polar surface area (TPSA) is 105 Å². The molecule has 3 aromatic rings. The highest BCUT2D eigenvalue weighted by atomic mass is 16.5. The van der Waals surface area contributed by atoms with Crippen LogP contribution in [0.3, 0.4) is 0 Å². The number of aromatic amines is 1. The van der Waals surface area contributed by atoms with Crippen LogP contribution in [0.2, 0.25) is 0 Å². The highest BCUT2D eigenvalue weighted by molar-refractivity contribution is 5.75. The van der Waals surface area contributed by atoms with Gasteiger partial charge in [-0.15, -0.1) is 0 Å².